The van der Waals surface area contributed by atoms with Crippen molar-refractivity contribution in [1.82, 2.24) is 5.32 Å². The van der Waals surface area contributed by atoms with Gasteiger partial charge in [-0.05, 0) is 61.7 Å². The topological polar surface area (TPSA) is 84.2 Å². The largest absolute Gasteiger partial charge is 0.399 e. The molecule has 2 aromatic rings. The maximum atomic E-state index is 12.4. The van der Waals surface area contributed by atoms with Gasteiger partial charge in [-0.25, -0.2) is 0 Å². The summed E-state index contributed by atoms with van der Waals surface area (Å²) in [5.41, 5.74) is 8.97. The number of benzene rings is 2. The van der Waals surface area contributed by atoms with Gasteiger partial charge in [0, 0.05) is 28.5 Å². The van der Waals surface area contributed by atoms with Gasteiger partial charge in [0.2, 0.25) is 0 Å². The van der Waals surface area contributed by atoms with E-state index in [1.54, 1.807) is 36.4 Å². The Labute approximate surface area is 154 Å². The zero-order valence-corrected chi connectivity index (χ0v) is 15.0. The molecule has 4 N–H and O–H groups in total. The average molecular weight is 351 g/mol. The highest BCUT2D eigenvalue weighted by atomic mass is 16.2. The molecule has 2 amide bonds. The van der Waals surface area contributed by atoms with Gasteiger partial charge in [0.15, 0.2) is 0 Å². The first-order valence-electron chi connectivity index (χ1n) is 9.11. The zero-order valence-electron chi connectivity index (χ0n) is 15.0. The van der Waals surface area contributed by atoms with Crippen LogP contribution < -0.4 is 16.4 Å². The van der Waals surface area contributed by atoms with Gasteiger partial charge < -0.3 is 16.4 Å². The first-order chi connectivity index (χ1) is 12.5. The minimum Gasteiger partial charge on any atom is -0.399 e. The van der Waals surface area contributed by atoms with Crippen LogP contribution >= 0.6 is 0 Å². The molecular formula is C21H25N3O2. The predicted molar refractivity (Wildman–Crippen MR) is 104 cm³/mol. The molecule has 5 nitrogen and oxygen atoms in total. The Morgan fingerprint density at radius 3 is 2.35 bits per heavy atom. The molecule has 0 aromatic heterocycles. The third kappa shape index (κ3) is 4.42. The average Bonchev–Trinajstić information content (AvgIpc) is 2.65. The lowest BCUT2D eigenvalue weighted by molar-refractivity contribution is 0.0927. The summed E-state index contributed by atoms with van der Waals surface area (Å²) in [6.45, 7) is 1.87. The Morgan fingerprint density at radius 1 is 0.962 bits per heavy atom. The molecule has 136 valence electrons. The van der Waals surface area contributed by atoms with Crippen LogP contribution in [0.25, 0.3) is 0 Å². The van der Waals surface area contributed by atoms with Crippen molar-refractivity contribution in [1.29, 1.82) is 0 Å². The number of anilines is 2. The maximum Gasteiger partial charge on any atom is 0.256 e. The summed E-state index contributed by atoms with van der Waals surface area (Å²) >= 11 is 0. The fourth-order valence-electron chi connectivity index (χ4n) is 3.30. The maximum absolute atomic E-state index is 12.4. The molecule has 1 aliphatic rings. The normalized spacial score (nSPS) is 14.7. The monoisotopic (exact) mass is 351 g/mol. The molecule has 1 aliphatic carbocycles. The number of hydrogen-bond acceptors (Lipinski definition) is 3. The molecule has 0 spiro atoms. The van der Waals surface area contributed by atoms with Crippen molar-refractivity contribution in [3.05, 3.63) is 59.2 Å². The standard InChI is InChI=1S/C21H25N3O2/c1-14-7-10-16(22)13-19(14)21(26)24-18-11-8-15(9-12-18)20(25)23-17-5-3-2-4-6-17/h7-13,17H,2-6,22H2,1H3,(H,23,25)(H,24,26). The summed E-state index contributed by atoms with van der Waals surface area (Å²) < 4.78 is 0. The Balaban J connectivity index is 1.62. The van der Waals surface area contributed by atoms with E-state index >= 15 is 0 Å². The number of nitrogens with two attached hydrogens (primary N) is 1. The van der Waals surface area contributed by atoms with Crippen LogP contribution in [-0.4, -0.2) is 17.9 Å². The molecule has 26 heavy (non-hydrogen) atoms. The molecule has 0 aliphatic heterocycles. The Hall–Kier alpha value is -2.82. The fourth-order valence-corrected chi connectivity index (χ4v) is 3.30. The van der Waals surface area contributed by atoms with Crippen molar-refractivity contribution in [2.24, 2.45) is 0 Å². The van der Waals surface area contributed by atoms with Crippen LogP contribution in [0.5, 0.6) is 0 Å². The van der Waals surface area contributed by atoms with Crippen molar-refractivity contribution in [3.63, 3.8) is 0 Å². The lowest BCUT2D eigenvalue weighted by Gasteiger charge is -2.22. The van der Waals surface area contributed by atoms with Crippen LogP contribution in [0.4, 0.5) is 11.4 Å². The second-order valence-electron chi connectivity index (χ2n) is 6.91. The highest BCUT2D eigenvalue weighted by Crippen LogP contribution is 2.19. The second kappa shape index (κ2) is 8.04. The van der Waals surface area contributed by atoms with Crippen LogP contribution in [0, 0.1) is 6.92 Å². The predicted octanol–water partition coefficient (Wildman–Crippen LogP) is 3.89. The minimum absolute atomic E-state index is 0.0542. The third-order valence-electron chi connectivity index (χ3n) is 4.85. The highest BCUT2D eigenvalue weighted by Gasteiger charge is 2.16. The molecule has 0 unspecified atom stereocenters. The van der Waals surface area contributed by atoms with E-state index in [1.807, 2.05) is 13.0 Å². The molecule has 0 saturated heterocycles. The van der Waals surface area contributed by atoms with Gasteiger partial charge in [-0.15, -0.1) is 0 Å². The number of rotatable bonds is 4. The van der Waals surface area contributed by atoms with Crippen LogP contribution in [-0.2, 0) is 0 Å². The van der Waals surface area contributed by atoms with Gasteiger partial charge in [-0.1, -0.05) is 25.3 Å². The smallest absolute Gasteiger partial charge is 0.256 e. The number of aryl methyl sites for hydroxylation is 1. The number of nitrogens with one attached hydrogen (secondary N) is 2. The summed E-state index contributed by atoms with van der Waals surface area (Å²) in [5, 5.41) is 5.94. The Kier molecular flexibility index (Phi) is 5.56. The molecule has 1 fully saturated rings. The van der Waals surface area contributed by atoms with E-state index < -0.39 is 0 Å². The lowest BCUT2D eigenvalue weighted by Crippen LogP contribution is -2.36. The third-order valence-corrected chi connectivity index (χ3v) is 4.85. The number of carbonyl (C=O) groups is 2. The molecule has 3 rings (SSSR count). The van der Waals surface area contributed by atoms with Crippen LogP contribution in [0.15, 0.2) is 42.5 Å². The SMILES string of the molecule is Cc1ccc(N)cc1C(=O)Nc1ccc(C(=O)NC2CCCCC2)cc1. The summed E-state index contributed by atoms with van der Waals surface area (Å²) in [6.07, 6.45) is 5.73. The van der Waals surface area contributed by atoms with E-state index in [2.05, 4.69) is 10.6 Å². The molecule has 5 heteroatoms. The van der Waals surface area contributed by atoms with Crippen molar-refractivity contribution < 1.29 is 9.59 Å². The zero-order chi connectivity index (χ0) is 18.5. The van der Waals surface area contributed by atoms with Crippen molar-refractivity contribution in [2.45, 2.75) is 45.1 Å². The summed E-state index contributed by atoms with van der Waals surface area (Å²) in [7, 11) is 0. The highest BCUT2D eigenvalue weighted by molar-refractivity contribution is 6.06. The molecule has 0 bridgehead atoms. The number of amides is 2. The van der Waals surface area contributed by atoms with Gasteiger partial charge in [-0.2, -0.15) is 0 Å². The first-order valence-corrected chi connectivity index (χ1v) is 9.11. The van der Waals surface area contributed by atoms with E-state index in [-0.39, 0.29) is 17.9 Å². The molecule has 0 radical (unpaired) electrons. The number of hydrogen-bond donors (Lipinski definition) is 3. The molecule has 1 saturated carbocycles. The number of carbonyl (C=O) groups excluding carboxylic acids is 2. The van der Waals surface area contributed by atoms with Crippen LogP contribution in [0.3, 0.4) is 0 Å². The summed E-state index contributed by atoms with van der Waals surface area (Å²) in [6, 6.07) is 12.5. The molecular weight excluding hydrogens is 326 g/mol. The second-order valence-corrected chi connectivity index (χ2v) is 6.91. The Morgan fingerprint density at radius 2 is 1.65 bits per heavy atom. The van der Waals surface area contributed by atoms with Gasteiger partial charge >= 0.3 is 0 Å². The molecule has 0 atom stereocenters. The van der Waals surface area contributed by atoms with E-state index in [0.29, 0.717) is 22.5 Å². The van der Waals surface area contributed by atoms with Crippen molar-refractivity contribution in [2.75, 3.05) is 11.1 Å². The molecule has 2 aromatic carbocycles. The van der Waals surface area contributed by atoms with E-state index in [1.165, 1.54) is 19.3 Å². The fraction of sp³-hybridized carbons (Fsp3) is 0.333. The van der Waals surface area contributed by atoms with Gasteiger partial charge in [0.25, 0.3) is 11.8 Å². The van der Waals surface area contributed by atoms with E-state index in [9.17, 15) is 9.59 Å². The first kappa shape index (κ1) is 18.0. The summed E-state index contributed by atoms with van der Waals surface area (Å²) in [4.78, 5) is 24.8. The van der Waals surface area contributed by atoms with Gasteiger partial charge in [0.1, 0.15) is 0 Å². The van der Waals surface area contributed by atoms with Crippen LogP contribution in [0.2, 0.25) is 0 Å². The summed E-state index contributed by atoms with van der Waals surface area (Å²) in [5.74, 6) is -0.268. The molecule has 0 heterocycles. The van der Waals surface area contributed by atoms with Gasteiger partial charge in [-0.3, -0.25) is 9.59 Å². The van der Waals surface area contributed by atoms with Crippen molar-refractivity contribution in [3.8, 4) is 0 Å². The minimum atomic E-state index is -0.214. The number of nitrogen functional groups attached to an aromatic ring is 1. The van der Waals surface area contributed by atoms with Crippen molar-refractivity contribution >= 4 is 23.2 Å². The quantitative estimate of drug-likeness (QED) is 0.731. The van der Waals surface area contributed by atoms with E-state index in [0.717, 1.165) is 18.4 Å². The lowest BCUT2D eigenvalue weighted by atomic mass is 9.95. The van der Waals surface area contributed by atoms with E-state index in [4.69, 9.17) is 5.73 Å². The Bertz CT molecular complexity index is 793. The van der Waals surface area contributed by atoms with Gasteiger partial charge in [0.05, 0.1) is 0 Å². The van der Waals surface area contributed by atoms with Crippen LogP contribution in [0.1, 0.15) is 58.4 Å².